The van der Waals surface area contributed by atoms with E-state index in [9.17, 15) is 4.79 Å². The first-order valence-electron chi connectivity index (χ1n) is 9.22. The molecule has 0 radical (unpaired) electrons. The first-order chi connectivity index (χ1) is 14.2. The zero-order valence-corrected chi connectivity index (χ0v) is 15.7. The average molecular weight is 390 g/mol. The maximum Gasteiger partial charge on any atom is 0.248 e. The molecule has 0 amide bonds. The van der Waals surface area contributed by atoms with Crippen LogP contribution in [-0.4, -0.2) is 43.2 Å². The van der Waals surface area contributed by atoms with Crippen LogP contribution in [0.5, 0.6) is 11.6 Å². The summed E-state index contributed by atoms with van der Waals surface area (Å²) in [6, 6.07) is 3.40. The van der Waals surface area contributed by atoms with Crippen molar-refractivity contribution in [2.24, 2.45) is 7.05 Å². The van der Waals surface area contributed by atoms with Crippen molar-refractivity contribution in [1.82, 2.24) is 29.9 Å². The Bertz CT molecular complexity index is 1280. The first-order valence-corrected chi connectivity index (χ1v) is 9.22. The van der Waals surface area contributed by atoms with Gasteiger partial charge in [0.05, 0.1) is 48.1 Å². The van der Waals surface area contributed by atoms with Gasteiger partial charge >= 0.3 is 0 Å². The number of aromatic amines is 2. The molecule has 29 heavy (non-hydrogen) atoms. The molecule has 0 unspecified atom stereocenters. The highest BCUT2D eigenvalue weighted by molar-refractivity contribution is 5.91. The molecule has 0 spiro atoms. The molecule has 5 rings (SSSR count). The van der Waals surface area contributed by atoms with Crippen LogP contribution in [0.4, 0.5) is 0 Å². The van der Waals surface area contributed by atoms with Crippen molar-refractivity contribution < 1.29 is 9.47 Å². The average Bonchev–Trinajstić information content (AvgIpc) is 3.29. The van der Waals surface area contributed by atoms with Crippen LogP contribution in [0.1, 0.15) is 17.7 Å². The monoisotopic (exact) mass is 390 g/mol. The number of rotatable bonds is 0. The standard InChI is InChI=1S/C20H18N6O3/c1-26-20-12(9-23-26)3-4-15-13-7-16(21-10-17(13)25-24-15)14-8-19(27)22-11-18(14)28-5-2-6-29-20/h3-4,7-11H,2,5-6H2,1H3,(H,22,27)(H,24,25). The van der Waals surface area contributed by atoms with E-state index in [-0.39, 0.29) is 5.56 Å². The molecule has 0 saturated carbocycles. The van der Waals surface area contributed by atoms with Crippen LogP contribution in [0.2, 0.25) is 0 Å². The second kappa shape index (κ2) is 6.93. The lowest BCUT2D eigenvalue weighted by Crippen LogP contribution is -2.10. The Morgan fingerprint density at radius 3 is 2.97 bits per heavy atom. The van der Waals surface area contributed by atoms with Crippen LogP contribution < -0.4 is 15.0 Å². The summed E-state index contributed by atoms with van der Waals surface area (Å²) < 4.78 is 13.5. The van der Waals surface area contributed by atoms with Gasteiger partial charge in [-0.1, -0.05) is 0 Å². The molecule has 9 heteroatoms. The van der Waals surface area contributed by atoms with Crippen molar-refractivity contribution in [1.29, 1.82) is 0 Å². The maximum atomic E-state index is 11.9. The number of hydrogen-bond donors (Lipinski definition) is 2. The second-order valence-corrected chi connectivity index (χ2v) is 6.71. The summed E-state index contributed by atoms with van der Waals surface area (Å²) in [5.41, 5.74) is 3.47. The van der Waals surface area contributed by atoms with Crippen LogP contribution in [-0.2, 0) is 7.05 Å². The molecule has 0 aromatic carbocycles. The van der Waals surface area contributed by atoms with E-state index in [0.29, 0.717) is 42.5 Å². The third-order valence-electron chi connectivity index (χ3n) is 4.76. The van der Waals surface area contributed by atoms with Crippen molar-refractivity contribution >= 4 is 23.1 Å². The van der Waals surface area contributed by atoms with Crippen LogP contribution in [0.3, 0.4) is 0 Å². The molecule has 9 nitrogen and oxygen atoms in total. The minimum Gasteiger partial charge on any atom is -0.491 e. The van der Waals surface area contributed by atoms with Crippen molar-refractivity contribution in [2.75, 3.05) is 13.2 Å². The van der Waals surface area contributed by atoms with Gasteiger partial charge in [0.1, 0.15) is 5.75 Å². The quantitative estimate of drug-likeness (QED) is 0.477. The Morgan fingerprint density at radius 1 is 1.14 bits per heavy atom. The third kappa shape index (κ3) is 3.16. The van der Waals surface area contributed by atoms with Gasteiger partial charge in [0.15, 0.2) is 0 Å². The summed E-state index contributed by atoms with van der Waals surface area (Å²) in [7, 11) is 1.84. The van der Waals surface area contributed by atoms with Gasteiger partial charge in [0.25, 0.3) is 0 Å². The topological polar surface area (TPSA) is 111 Å². The van der Waals surface area contributed by atoms with Crippen LogP contribution in [0, 0.1) is 0 Å². The number of ether oxygens (including phenoxy) is 2. The lowest BCUT2D eigenvalue weighted by Gasteiger charge is -2.11. The Morgan fingerprint density at radius 2 is 2.03 bits per heavy atom. The van der Waals surface area contributed by atoms with Gasteiger partial charge < -0.3 is 14.5 Å². The highest BCUT2D eigenvalue weighted by Crippen LogP contribution is 2.30. The van der Waals surface area contributed by atoms with E-state index in [1.807, 2.05) is 25.3 Å². The highest BCUT2D eigenvalue weighted by atomic mass is 16.5. The van der Waals surface area contributed by atoms with Gasteiger partial charge in [0.2, 0.25) is 11.4 Å². The SMILES string of the molecule is Cn1ncc2c1OCCCOc1c[nH]c(=O)cc1-c1cc3c(n[nH]c3cn1)C=C2. The number of pyridine rings is 2. The number of aromatic nitrogens is 6. The van der Waals surface area contributed by atoms with Gasteiger partial charge in [-0.2, -0.15) is 10.2 Å². The Hall–Kier alpha value is -3.88. The summed E-state index contributed by atoms with van der Waals surface area (Å²) in [5.74, 6) is 1.25. The first kappa shape index (κ1) is 17.2. The van der Waals surface area contributed by atoms with E-state index in [1.165, 1.54) is 6.07 Å². The Balaban J connectivity index is 1.68. The van der Waals surface area contributed by atoms with Crippen molar-refractivity contribution in [3.8, 4) is 22.9 Å². The minimum atomic E-state index is -0.217. The van der Waals surface area contributed by atoms with E-state index < -0.39 is 0 Å². The zero-order chi connectivity index (χ0) is 19.8. The molecule has 0 fully saturated rings. The molecule has 0 atom stereocenters. The van der Waals surface area contributed by atoms with Gasteiger partial charge in [0, 0.05) is 36.7 Å². The van der Waals surface area contributed by atoms with E-state index in [2.05, 4.69) is 25.3 Å². The molecule has 0 aliphatic carbocycles. The molecular weight excluding hydrogens is 372 g/mol. The molecule has 0 saturated heterocycles. The molecule has 1 aliphatic heterocycles. The number of nitrogens with one attached hydrogen (secondary N) is 2. The molecule has 4 aromatic rings. The van der Waals surface area contributed by atoms with Gasteiger partial charge in [-0.3, -0.25) is 14.9 Å². The number of hydrogen-bond acceptors (Lipinski definition) is 6. The van der Waals surface area contributed by atoms with Gasteiger partial charge in [-0.25, -0.2) is 4.68 Å². The zero-order valence-electron chi connectivity index (χ0n) is 15.7. The third-order valence-corrected chi connectivity index (χ3v) is 4.76. The molecule has 2 N–H and O–H groups in total. The number of fused-ring (bicyclic) bond motifs is 4. The van der Waals surface area contributed by atoms with Crippen molar-refractivity contribution in [3.63, 3.8) is 0 Å². The highest BCUT2D eigenvalue weighted by Gasteiger charge is 2.14. The van der Waals surface area contributed by atoms with Crippen LogP contribution >= 0.6 is 0 Å². The van der Waals surface area contributed by atoms with Crippen LogP contribution in [0.25, 0.3) is 34.3 Å². The van der Waals surface area contributed by atoms with E-state index in [1.54, 1.807) is 23.3 Å². The smallest absolute Gasteiger partial charge is 0.248 e. The number of nitrogens with zero attached hydrogens (tertiary/aromatic N) is 4. The summed E-state index contributed by atoms with van der Waals surface area (Å²) >= 11 is 0. The van der Waals surface area contributed by atoms with E-state index >= 15 is 0 Å². The summed E-state index contributed by atoms with van der Waals surface area (Å²) in [5, 5.41) is 12.5. The second-order valence-electron chi connectivity index (χ2n) is 6.71. The molecule has 5 heterocycles. The van der Waals surface area contributed by atoms with E-state index in [4.69, 9.17) is 9.47 Å². The lowest BCUT2D eigenvalue weighted by atomic mass is 10.1. The normalized spacial score (nSPS) is 13.8. The Kier molecular flexibility index (Phi) is 4.12. The van der Waals surface area contributed by atoms with Crippen molar-refractivity contribution in [2.45, 2.75) is 6.42 Å². The molecule has 146 valence electrons. The Labute approximate surface area is 165 Å². The predicted molar refractivity (Wildman–Crippen MR) is 108 cm³/mol. The fourth-order valence-electron chi connectivity index (χ4n) is 3.30. The molecule has 4 aromatic heterocycles. The number of H-pyrrole nitrogens is 2. The predicted octanol–water partition coefficient (Wildman–Crippen LogP) is 2.38. The lowest BCUT2D eigenvalue weighted by molar-refractivity contribution is 0.235. The van der Waals surface area contributed by atoms with Crippen LogP contribution in [0.15, 0.2) is 35.5 Å². The fourth-order valence-corrected chi connectivity index (χ4v) is 3.30. The molecule has 1 aliphatic rings. The molecular formula is C20H18N6O3. The number of aryl methyl sites for hydroxylation is 1. The summed E-state index contributed by atoms with van der Waals surface area (Å²) in [6.45, 7) is 0.902. The summed E-state index contributed by atoms with van der Waals surface area (Å²) in [4.78, 5) is 19.1. The largest absolute Gasteiger partial charge is 0.491 e. The maximum absolute atomic E-state index is 11.9. The fraction of sp³-hybridized carbons (Fsp3) is 0.200. The van der Waals surface area contributed by atoms with Gasteiger partial charge in [-0.15, -0.1) is 0 Å². The minimum absolute atomic E-state index is 0.217. The van der Waals surface area contributed by atoms with Crippen molar-refractivity contribution in [3.05, 3.63) is 52.3 Å². The van der Waals surface area contributed by atoms with Gasteiger partial charge in [-0.05, 0) is 18.2 Å². The van der Waals surface area contributed by atoms with E-state index in [0.717, 1.165) is 22.2 Å². The summed E-state index contributed by atoms with van der Waals surface area (Å²) in [6.07, 6.45) is 9.52. The molecule has 2 bridgehead atoms.